The van der Waals surface area contributed by atoms with Crippen LogP contribution in [0.15, 0.2) is 36.4 Å². The summed E-state index contributed by atoms with van der Waals surface area (Å²) >= 11 is 5.89. The number of aromatic nitrogens is 2. The molecule has 5 nitrogen and oxygen atoms in total. The lowest BCUT2D eigenvalue weighted by molar-refractivity contribution is 0.199. The van der Waals surface area contributed by atoms with Crippen LogP contribution in [0.4, 0.5) is 15.9 Å². The van der Waals surface area contributed by atoms with E-state index < -0.39 is 5.82 Å². The Kier molecular flexibility index (Phi) is 5.04. The van der Waals surface area contributed by atoms with Gasteiger partial charge in [0.1, 0.15) is 11.6 Å². The predicted molar refractivity (Wildman–Crippen MR) is 115 cm³/mol. The Labute approximate surface area is 173 Å². The minimum absolute atomic E-state index is 0.0306. The average Bonchev–Trinajstić information content (AvgIpc) is 3.17. The van der Waals surface area contributed by atoms with E-state index in [1.54, 1.807) is 12.1 Å². The van der Waals surface area contributed by atoms with E-state index in [2.05, 4.69) is 21.6 Å². The van der Waals surface area contributed by atoms with Gasteiger partial charge in [0, 0.05) is 16.6 Å². The molecule has 0 spiro atoms. The van der Waals surface area contributed by atoms with E-state index >= 15 is 0 Å². The van der Waals surface area contributed by atoms with E-state index in [4.69, 9.17) is 21.1 Å². The van der Waals surface area contributed by atoms with Crippen LogP contribution in [0.3, 0.4) is 0 Å². The molecule has 3 N–H and O–H groups in total. The van der Waals surface area contributed by atoms with Crippen LogP contribution < -0.4 is 14.8 Å². The van der Waals surface area contributed by atoms with Crippen LogP contribution in [-0.2, 0) is 0 Å². The lowest BCUT2D eigenvalue weighted by Crippen LogP contribution is -2.10. The molecule has 29 heavy (non-hydrogen) atoms. The van der Waals surface area contributed by atoms with Crippen LogP contribution in [0, 0.1) is 5.82 Å². The highest BCUT2D eigenvalue weighted by molar-refractivity contribution is 6.31. The maximum atomic E-state index is 13.4. The number of benzene rings is 2. The standard InChI is InChI=1S/C22H23ClFN3O2/c1-11(2)28-19-8-13-7-16-21(15(13)10-20(19)29-12(3)4)26-27-22(16)25-14-5-6-18(24)17(23)9-14/h5-12,25-27H,1-4H3. The topological polar surface area (TPSA) is 62.1 Å². The molecule has 0 bridgehead atoms. The van der Waals surface area contributed by atoms with Gasteiger partial charge in [-0.1, -0.05) is 11.6 Å². The van der Waals surface area contributed by atoms with Gasteiger partial charge < -0.3 is 14.8 Å². The Morgan fingerprint density at radius 1 is 0.931 bits per heavy atom. The minimum Gasteiger partial charge on any atom is -0.487 e. The van der Waals surface area contributed by atoms with Crippen LogP contribution in [0.1, 0.15) is 27.7 Å². The van der Waals surface area contributed by atoms with Gasteiger partial charge in [0.05, 0.1) is 22.9 Å². The van der Waals surface area contributed by atoms with Gasteiger partial charge >= 0.3 is 0 Å². The fourth-order valence-electron chi connectivity index (χ4n) is 3.32. The molecule has 1 aliphatic carbocycles. The number of aromatic amines is 2. The lowest BCUT2D eigenvalue weighted by Gasteiger charge is -2.17. The monoisotopic (exact) mass is 415 g/mol. The Balaban J connectivity index is 1.75. The van der Waals surface area contributed by atoms with Gasteiger partial charge in [-0.25, -0.2) is 4.39 Å². The highest BCUT2D eigenvalue weighted by Gasteiger charge is 2.20. The molecule has 2 aromatic carbocycles. The van der Waals surface area contributed by atoms with Crippen molar-refractivity contribution in [2.45, 2.75) is 39.9 Å². The Morgan fingerprint density at radius 2 is 1.62 bits per heavy atom. The molecule has 1 aliphatic heterocycles. The zero-order chi connectivity index (χ0) is 20.7. The summed E-state index contributed by atoms with van der Waals surface area (Å²) in [6.07, 6.45) is 0.0682. The quantitative estimate of drug-likeness (QED) is 0.328. The van der Waals surface area contributed by atoms with E-state index in [1.807, 2.05) is 39.8 Å². The Bertz CT molecular complexity index is 1130. The van der Waals surface area contributed by atoms with Gasteiger partial charge in [-0.2, -0.15) is 0 Å². The zero-order valence-electron chi connectivity index (χ0n) is 16.7. The fourth-order valence-corrected chi connectivity index (χ4v) is 3.50. The smallest absolute Gasteiger partial charge is 0.162 e. The SMILES string of the molecule is CC(C)Oc1cc2cc3c(Nc4ccc(F)c(Cl)c4)[nH][nH]c-3c2cc1OC(C)C. The van der Waals surface area contributed by atoms with Crippen LogP contribution in [-0.4, -0.2) is 22.4 Å². The summed E-state index contributed by atoms with van der Waals surface area (Å²) in [7, 11) is 0. The van der Waals surface area contributed by atoms with Crippen LogP contribution in [0.5, 0.6) is 11.5 Å². The predicted octanol–water partition coefficient (Wildman–Crippen LogP) is 6.71. The van der Waals surface area contributed by atoms with Crippen molar-refractivity contribution in [2.75, 3.05) is 5.32 Å². The number of hydrogen-bond acceptors (Lipinski definition) is 3. The van der Waals surface area contributed by atoms with Crippen molar-refractivity contribution in [2.24, 2.45) is 0 Å². The molecular formula is C22H23ClFN3O2. The van der Waals surface area contributed by atoms with E-state index in [-0.39, 0.29) is 17.2 Å². The van der Waals surface area contributed by atoms with Crippen molar-refractivity contribution in [1.82, 2.24) is 10.2 Å². The number of anilines is 2. The second-order valence-corrected chi connectivity index (χ2v) is 7.94. The molecule has 0 unspecified atom stereocenters. The third kappa shape index (κ3) is 3.85. The highest BCUT2D eigenvalue weighted by atomic mass is 35.5. The molecular weight excluding hydrogens is 393 g/mol. The zero-order valence-corrected chi connectivity index (χ0v) is 17.4. The first-order chi connectivity index (χ1) is 13.8. The molecule has 0 atom stereocenters. The molecule has 152 valence electrons. The second kappa shape index (κ2) is 7.52. The lowest BCUT2D eigenvalue weighted by atomic mass is 10.2. The number of halogens is 2. The van der Waals surface area contributed by atoms with Gasteiger partial charge in [-0.05, 0) is 69.5 Å². The summed E-state index contributed by atoms with van der Waals surface area (Å²) in [5, 5.41) is 11.7. The van der Waals surface area contributed by atoms with Crippen molar-refractivity contribution in [3.05, 3.63) is 47.2 Å². The van der Waals surface area contributed by atoms with Crippen molar-refractivity contribution in [3.63, 3.8) is 0 Å². The molecule has 4 rings (SSSR count). The third-order valence-electron chi connectivity index (χ3n) is 4.45. The number of fused-ring (bicyclic) bond motifs is 3. The number of rotatable bonds is 6. The third-order valence-corrected chi connectivity index (χ3v) is 4.74. The summed E-state index contributed by atoms with van der Waals surface area (Å²) in [5.74, 6) is 1.74. The van der Waals surface area contributed by atoms with Crippen molar-refractivity contribution in [3.8, 4) is 22.8 Å². The summed E-state index contributed by atoms with van der Waals surface area (Å²) in [4.78, 5) is 0. The molecule has 1 heterocycles. The van der Waals surface area contributed by atoms with Crippen molar-refractivity contribution in [1.29, 1.82) is 0 Å². The first-order valence-electron chi connectivity index (χ1n) is 9.54. The molecule has 0 saturated carbocycles. The van der Waals surface area contributed by atoms with Crippen LogP contribution in [0.25, 0.3) is 22.0 Å². The van der Waals surface area contributed by atoms with Gasteiger partial charge in [0.15, 0.2) is 11.5 Å². The molecule has 2 aromatic rings. The fraction of sp³-hybridized carbons (Fsp3) is 0.273. The molecule has 0 aromatic heterocycles. The Morgan fingerprint density at radius 3 is 2.28 bits per heavy atom. The van der Waals surface area contributed by atoms with E-state index in [0.717, 1.165) is 33.6 Å². The largest absolute Gasteiger partial charge is 0.487 e. The number of ether oxygens (including phenoxy) is 2. The maximum absolute atomic E-state index is 13.4. The number of H-pyrrole nitrogens is 2. The van der Waals surface area contributed by atoms with Gasteiger partial charge in [-0.3, -0.25) is 10.2 Å². The van der Waals surface area contributed by atoms with Crippen LogP contribution >= 0.6 is 11.6 Å². The summed E-state index contributed by atoms with van der Waals surface area (Å²) in [6, 6.07) is 10.6. The summed E-state index contributed by atoms with van der Waals surface area (Å²) in [5.41, 5.74) is 2.60. The summed E-state index contributed by atoms with van der Waals surface area (Å²) in [6.45, 7) is 7.96. The average molecular weight is 416 g/mol. The molecule has 0 radical (unpaired) electrons. The molecule has 2 aliphatic rings. The first kappa shape index (κ1) is 19.5. The molecule has 0 amide bonds. The molecule has 0 saturated heterocycles. The number of hydrogen-bond donors (Lipinski definition) is 3. The van der Waals surface area contributed by atoms with E-state index in [0.29, 0.717) is 11.4 Å². The Hall–Kier alpha value is -2.86. The normalized spacial score (nSPS) is 11.7. The first-order valence-corrected chi connectivity index (χ1v) is 9.92. The minimum atomic E-state index is -0.449. The maximum Gasteiger partial charge on any atom is 0.162 e. The van der Waals surface area contributed by atoms with Crippen LogP contribution in [0.2, 0.25) is 5.02 Å². The van der Waals surface area contributed by atoms with E-state index in [1.165, 1.54) is 6.07 Å². The molecule has 0 fully saturated rings. The molecule has 7 heteroatoms. The second-order valence-electron chi connectivity index (χ2n) is 7.53. The number of nitrogens with one attached hydrogen (secondary N) is 3. The highest BCUT2D eigenvalue weighted by Crippen LogP contribution is 2.43. The van der Waals surface area contributed by atoms with Gasteiger partial charge in [0.2, 0.25) is 0 Å². The van der Waals surface area contributed by atoms with E-state index in [9.17, 15) is 4.39 Å². The van der Waals surface area contributed by atoms with Gasteiger partial charge in [0.25, 0.3) is 0 Å². The summed E-state index contributed by atoms with van der Waals surface area (Å²) < 4.78 is 25.4. The van der Waals surface area contributed by atoms with Crippen molar-refractivity contribution < 1.29 is 13.9 Å². The van der Waals surface area contributed by atoms with Gasteiger partial charge in [-0.15, -0.1) is 0 Å². The van der Waals surface area contributed by atoms with Crippen molar-refractivity contribution >= 4 is 33.9 Å².